The largest absolute Gasteiger partial charge is 0.490 e. The fourth-order valence-corrected chi connectivity index (χ4v) is 2.61. The zero-order chi connectivity index (χ0) is 15.1. The average molecular weight is 291 g/mol. The van der Waals surface area contributed by atoms with Gasteiger partial charge in [-0.05, 0) is 44.9 Å². The van der Waals surface area contributed by atoms with Gasteiger partial charge in [-0.25, -0.2) is 5.84 Å². The first-order valence-electron chi connectivity index (χ1n) is 7.72. The summed E-state index contributed by atoms with van der Waals surface area (Å²) in [7, 11) is 0. The monoisotopic (exact) mass is 291 g/mol. The van der Waals surface area contributed by atoms with Gasteiger partial charge in [-0.1, -0.05) is 12.8 Å². The van der Waals surface area contributed by atoms with Crippen molar-refractivity contribution in [3.05, 3.63) is 23.8 Å². The van der Waals surface area contributed by atoms with Crippen molar-refractivity contribution < 1.29 is 9.47 Å². The molecule has 3 N–H and O–H groups in total. The first kappa shape index (κ1) is 15.6. The van der Waals surface area contributed by atoms with Gasteiger partial charge in [0.1, 0.15) is 5.84 Å². The number of aliphatic imine (C=N–C) groups is 1. The van der Waals surface area contributed by atoms with Crippen molar-refractivity contribution in [1.82, 2.24) is 5.43 Å². The molecule has 0 amide bonds. The van der Waals surface area contributed by atoms with E-state index in [4.69, 9.17) is 20.3 Å². The van der Waals surface area contributed by atoms with Crippen LogP contribution in [0.2, 0.25) is 0 Å². The molecule has 116 valence electrons. The Hall–Kier alpha value is -1.75. The third kappa shape index (κ3) is 4.11. The van der Waals surface area contributed by atoms with Crippen molar-refractivity contribution in [2.45, 2.75) is 45.6 Å². The summed E-state index contributed by atoms with van der Waals surface area (Å²) in [5.41, 5.74) is 3.65. The number of amidine groups is 1. The summed E-state index contributed by atoms with van der Waals surface area (Å²) in [5, 5.41) is 0. The van der Waals surface area contributed by atoms with E-state index < -0.39 is 0 Å². The van der Waals surface area contributed by atoms with Crippen LogP contribution in [0.3, 0.4) is 0 Å². The molecule has 0 bridgehead atoms. The minimum atomic E-state index is 0.373. The second-order valence-corrected chi connectivity index (χ2v) is 5.09. The lowest BCUT2D eigenvalue weighted by atomic mass is 10.1. The second-order valence-electron chi connectivity index (χ2n) is 5.09. The predicted octanol–water partition coefficient (Wildman–Crippen LogP) is 2.64. The van der Waals surface area contributed by atoms with Crippen LogP contribution in [0.5, 0.6) is 11.5 Å². The summed E-state index contributed by atoms with van der Waals surface area (Å²) in [5.74, 6) is 7.84. The summed E-state index contributed by atoms with van der Waals surface area (Å²) in [6.45, 7) is 5.11. The Morgan fingerprint density at radius 2 is 1.86 bits per heavy atom. The molecule has 1 aromatic carbocycles. The summed E-state index contributed by atoms with van der Waals surface area (Å²) < 4.78 is 11.2. The highest BCUT2D eigenvalue weighted by Gasteiger charge is 2.16. The third-order valence-electron chi connectivity index (χ3n) is 3.59. The number of hydrazine groups is 1. The van der Waals surface area contributed by atoms with Gasteiger partial charge in [-0.2, -0.15) is 0 Å². The van der Waals surface area contributed by atoms with Crippen molar-refractivity contribution in [3.8, 4) is 11.5 Å². The van der Waals surface area contributed by atoms with Gasteiger partial charge in [0.15, 0.2) is 11.5 Å². The molecule has 0 atom stereocenters. The van der Waals surface area contributed by atoms with Gasteiger partial charge in [-0.15, -0.1) is 0 Å². The number of benzene rings is 1. The smallest absolute Gasteiger partial charge is 0.161 e. The number of nitrogens with one attached hydrogen (secondary N) is 1. The maximum absolute atomic E-state index is 5.65. The Labute approximate surface area is 126 Å². The predicted molar refractivity (Wildman–Crippen MR) is 84.9 cm³/mol. The van der Waals surface area contributed by atoms with Crippen LogP contribution in [0.4, 0.5) is 0 Å². The molecule has 0 aromatic heterocycles. The van der Waals surface area contributed by atoms with Crippen molar-refractivity contribution in [3.63, 3.8) is 0 Å². The van der Waals surface area contributed by atoms with Crippen LogP contribution >= 0.6 is 0 Å². The van der Waals surface area contributed by atoms with Crippen LogP contribution in [0.25, 0.3) is 0 Å². The molecular weight excluding hydrogens is 266 g/mol. The van der Waals surface area contributed by atoms with E-state index in [1.165, 1.54) is 12.8 Å². The Morgan fingerprint density at radius 3 is 2.48 bits per heavy atom. The van der Waals surface area contributed by atoms with Crippen LogP contribution in [-0.2, 0) is 0 Å². The van der Waals surface area contributed by atoms with E-state index in [9.17, 15) is 0 Å². The molecule has 0 heterocycles. The fourth-order valence-electron chi connectivity index (χ4n) is 2.61. The molecule has 0 aliphatic heterocycles. The summed E-state index contributed by atoms with van der Waals surface area (Å²) in [6.07, 6.45) is 4.78. The van der Waals surface area contributed by atoms with Crippen LogP contribution in [0.15, 0.2) is 23.2 Å². The quantitative estimate of drug-likeness (QED) is 0.366. The van der Waals surface area contributed by atoms with Gasteiger partial charge in [0.25, 0.3) is 0 Å². The van der Waals surface area contributed by atoms with Crippen LogP contribution in [-0.4, -0.2) is 25.1 Å². The van der Waals surface area contributed by atoms with E-state index in [-0.39, 0.29) is 0 Å². The highest BCUT2D eigenvalue weighted by Crippen LogP contribution is 2.29. The van der Waals surface area contributed by atoms with Crippen molar-refractivity contribution in [2.24, 2.45) is 10.8 Å². The molecule has 5 nitrogen and oxygen atoms in total. The van der Waals surface area contributed by atoms with E-state index >= 15 is 0 Å². The summed E-state index contributed by atoms with van der Waals surface area (Å²) in [6, 6.07) is 6.17. The highest BCUT2D eigenvalue weighted by atomic mass is 16.5. The topological polar surface area (TPSA) is 68.9 Å². The molecule has 5 heteroatoms. The molecule has 0 spiro atoms. The Kier molecular flexibility index (Phi) is 5.87. The standard InChI is InChI=1S/C16H25N3O2/c1-3-20-14-10-9-12(11-15(14)21-4-2)16(19-17)18-13-7-5-6-8-13/h9-11,13H,3-8,17H2,1-2H3,(H,18,19). The SMILES string of the molecule is CCOc1ccc(C(=NC2CCCC2)NN)cc1OCC. The highest BCUT2D eigenvalue weighted by molar-refractivity contribution is 5.99. The number of hydrogen-bond acceptors (Lipinski definition) is 4. The van der Waals surface area contributed by atoms with Crippen molar-refractivity contribution in [2.75, 3.05) is 13.2 Å². The molecule has 0 radical (unpaired) electrons. The van der Waals surface area contributed by atoms with Crippen LogP contribution < -0.4 is 20.7 Å². The zero-order valence-electron chi connectivity index (χ0n) is 12.9. The Bertz CT molecular complexity index is 482. The number of hydrogen-bond donors (Lipinski definition) is 2. The number of ether oxygens (including phenoxy) is 2. The Balaban J connectivity index is 2.26. The van der Waals surface area contributed by atoms with Gasteiger partial charge >= 0.3 is 0 Å². The first-order chi connectivity index (χ1) is 10.3. The molecule has 1 fully saturated rings. The summed E-state index contributed by atoms with van der Waals surface area (Å²) in [4.78, 5) is 4.73. The van der Waals surface area contributed by atoms with Crippen LogP contribution in [0.1, 0.15) is 45.1 Å². The molecule has 1 saturated carbocycles. The lowest BCUT2D eigenvalue weighted by molar-refractivity contribution is 0.287. The first-order valence-corrected chi connectivity index (χ1v) is 7.72. The zero-order valence-corrected chi connectivity index (χ0v) is 12.9. The molecule has 1 aromatic rings. The third-order valence-corrected chi connectivity index (χ3v) is 3.59. The number of rotatable bonds is 6. The van der Waals surface area contributed by atoms with Gasteiger partial charge in [0.05, 0.1) is 19.3 Å². The van der Waals surface area contributed by atoms with Gasteiger partial charge in [0, 0.05) is 5.56 Å². The van der Waals surface area contributed by atoms with E-state index in [1.807, 2.05) is 32.0 Å². The minimum Gasteiger partial charge on any atom is -0.490 e. The van der Waals surface area contributed by atoms with Crippen molar-refractivity contribution in [1.29, 1.82) is 0 Å². The summed E-state index contributed by atoms with van der Waals surface area (Å²) >= 11 is 0. The molecule has 0 unspecified atom stereocenters. The van der Waals surface area contributed by atoms with Gasteiger partial charge < -0.3 is 14.9 Å². The molecule has 0 saturated heterocycles. The van der Waals surface area contributed by atoms with E-state index in [1.54, 1.807) is 0 Å². The van der Waals surface area contributed by atoms with Crippen molar-refractivity contribution >= 4 is 5.84 Å². The average Bonchev–Trinajstić information content (AvgIpc) is 3.00. The van der Waals surface area contributed by atoms with E-state index in [0.29, 0.717) is 25.1 Å². The normalized spacial score (nSPS) is 16.0. The second kappa shape index (κ2) is 7.88. The van der Waals surface area contributed by atoms with E-state index in [0.717, 1.165) is 29.9 Å². The lowest BCUT2D eigenvalue weighted by Gasteiger charge is -2.14. The number of nitrogens with two attached hydrogens (primary N) is 1. The molecule has 2 rings (SSSR count). The molecular formula is C16H25N3O2. The maximum atomic E-state index is 5.65. The van der Waals surface area contributed by atoms with Crippen LogP contribution in [0, 0.1) is 0 Å². The maximum Gasteiger partial charge on any atom is 0.161 e. The number of nitrogens with zero attached hydrogens (tertiary/aromatic N) is 1. The van der Waals surface area contributed by atoms with Gasteiger partial charge in [-0.3, -0.25) is 4.99 Å². The lowest BCUT2D eigenvalue weighted by Crippen LogP contribution is -2.32. The van der Waals surface area contributed by atoms with Gasteiger partial charge in [0.2, 0.25) is 0 Å². The Morgan fingerprint density at radius 1 is 1.19 bits per heavy atom. The molecule has 1 aliphatic rings. The van der Waals surface area contributed by atoms with E-state index in [2.05, 4.69) is 5.43 Å². The minimum absolute atomic E-state index is 0.373. The molecule has 21 heavy (non-hydrogen) atoms. The molecule has 1 aliphatic carbocycles. The fraction of sp³-hybridized carbons (Fsp3) is 0.562.